The molecule has 1 aromatic heterocycles. The van der Waals surface area contributed by atoms with Gasteiger partial charge in [-0.25, -0.2) is 0 Å². The number of ether oxygens (including phenoxy) is 1. The molecule has 1 heterocycles. The fourth-order valence-electron chi connectivity index (χ4n) is 4.08. The van der Waals surface area contributed by atoms with Crippen LogP contribution in [0.2, 0.25) is 0 Å². The summed E-state index contributed by atoms with van der Waals surface area (Å²) in [7, 11) is 0. The van der Waals surface area contributed by atoms with Gasteiger partial charge in [-0.1, -0.05) is 49.6 Å². The standard InChI is InChI=1S/C23H29NO2/c1-2-26-22(25)23(15-5-3-6-16-23)17-8-9-19-11-13-20(14-12-19)21-10-4-7-18-24-21/h4,7,10-14,18H,2-3,5-6,8-9,15-17H2,1H3. The van der Waals surface area contributed by atoms with Crippen LogP contribution in [0, 0.1) is 5.41 Å². The number of aromatic nitrogens is 1. The van der Waals surface area contributed by atoms with Crippen molar-refractivity contribution >= 4 is 5.97 Å². The van der Waals surface area contributed by atoms with Gasteiger partial charge in [-0.3, -0.25) is 9.78 Å². The molecule has 0 atom stereocenters. The largest absolute Gasteiger partial charge is 0.466 e. The summed E-state index contributed by atoms with van der Waals surface area (Å²) in [5.41, 5.74) is 3.23. The summed E-state index contributed by atoms with van der Waals surface area (Å²) in [6.07, 6.45) is 10.3. The highest BCUT2D eigenvalue weighted by Crippen LogP contribution is 2.41. The van der Waals surface area contributed by atoms with E-state index in [1.54, 1.807) is 0 Å². The van der Waals surface area contributed by atoms with Crippen LogP contribution in [-0.4, -0.2) is 17.6 Å². The average Bonchev–Trinajstić information content (AvgIpc) is 2.70. The highest BCUT2D eigenvalue weighted by molar-refractivity contribution is 5.77. The molecule has 1 aliphatic carbocycles. The molecule has 0 radical (unpaired) electrons. The molecule has 3 rings (SSSR count). The Morgan fingerprint density at radius 2 is 1.85 bits per heavy atom. The molecule has 3 nitrogen and oxygen atoms in total. The molecule has 0 spiro atoms. The van der Waals surface area contributed by atoms with Crippen LogP contribution in [0.5, 0.6) is 0 Å². The minimum Gasteiger partial charge on any atom is -0.466 e. The number of carbonyl (C=O) groups is 1. The highest BCUT2D eigenvalue weighted by atomic mass is 16.5. The SMILES string of the molecule is CCOC(=O)C1(CCCc2ccc(-c3ccccn3)cc2)CCCCC1. The van der Waals surface area contributed by atoms with Crippen molar-refractivity contribution in [2.75, 3.05) is 6.61 Å². The number of esters is 1. The zero-order chi connectivity index (χ0) is 18.2. The molecule has 2 aromatic rings. The third kappa shape index (κ3) is 4.51. The van der Waals surface area contributed by atoms with E-state index in [9.17, 15) is 4.79 Å². The molecule has 1 aliphatic rings. The Morgan fingerprint density at radius 3 is 2.50 bits per heavy atom. The summed E-state index contributed by atoms with van der Waals surface area (Å²) < 4.78 is 5.41. The van der Waals surface area contributed by atoms with Crippen LogP contribution < -0.4 is 0 Å². The van der Waals surface area contributed by atoms with E-state index in [0.717, 1.165) is 56.2 Å². The number of pyridine rings is 1. The van der Waals surface area contributed by atoms with E-state index < -0.39 is 0 Å². The van der Waals surface area contributed by atoms with Gasteiger partial charge < -0.3 is 4.74 Å². The predicted octanol–water partition coefficient (Wildman–Crippen LogP) is 5.58. The lowest BCUT2D eigenvalue weighted by Crippen LogP contribution is -2.35. The fourth-order valence-corrected chi connectivity index (χ4v) is 4.08. The maximum absolute atomic E-state index is 12.5. The molecule has 1 aromatic carbocycles. The van der Waals surface area contributed by atoms with Crippen molar-refractivity contribution in [3.63, 3.8) is 0 Å². The van der Waals surface area contributed by atoms with Gasteiger partial charge in [0.15, 0.2) is 0 Å². The van der Waals surface area contributed by atoms with Crippen molar-refractivity contribution in [1.82, 2.24) is 4.98 Å². The highest BCUT2D eigenvalue weighted by Gasteiger charge is 2.40. The summed E-state index contributed by atoms with van der Waals surface area (Å²) in [4.78, 5) is 16.9. The minimum atomic E-state index is -0.234. The van der Waals surface area contributed by atoms with Crippen molar-refractivity contribution in [1.29, 1.82) is 0 Å². The van der Waals surface area contributed by atoms with Crippen molar-refractivity contribution in [2.24, 2.45) is 5.41 Å². The first-order valence-corrected chi connectivity index (χ1v) is 9.91. The summed E-state index contributed by atoms with van der Waals surface area (Å²) in [5, 5.41) is 0. The Hall–Kier alpha value is -2.16. The molecular weight excluding hydrogens is 322 g/mol. The number of hydrogen-bond donors (Lipinski definition) is 0. The second-order valence-electron chi connectivity index (χ2n) is 7.33. The van der Waals surface area contributed by atoms with E-state index in [4.69, 9.17) is 4.74 Å². The van der Waals surface area contributed by atoms with E-state index in [1.807, 2.05) is 31.3 Å². The average molecular weight is 351 g/mol. The molecule has 1 saturated carbocycles. The van der Waals surface area contributed by atoms with Gasteiger partial charge in [0.2, 0.25) is 0 Å². The first-order chi connectivity index (χ1) is 12.7. The smallest absolute Gasteiger partial charge is 0.312 e. The zero-order valence-electron chi connectivity index (χ0n) is 15.7. The second-order valence-corrected chi connectivity index (χ2v) is 7.33. The van der Waals surface area contributed by atoms with Gasteiger partial charge in [-0.2, -0.15) is 0 Å². The topological polar surface area (TPSA) is 39.2 Å². The second kappa shape index (κ2) is 8.98. The molecule has 1 fully saturated rings. The van der Waals surface area contributed by atoms with Crippen molar-refractivity contribution < 1.29 is 9.53 Å². The Bertz CT molecular complexity index is 688. The van der Waals surface area contributed by atoms with Gasteiger partial charge in [0, 0.05) is 11.8 Å². The lowest BCUT2D eigenvalue weighted by atomic mass is 9.71. The molecule has 138 valence electrons. The third-order valence-corrected chi connectivity index (χ3v) is 5.55. The molecule has 0 N–H and O–H groups in total. The Kier molecular flexibility index (Phi) is 6.43. The number of hydrogen-bond acceptors (Lipinski definition) is 3. The maximum Gasteiger partial charge on any atom is 0.312 e. The first kappa shape index (κ1) is 18.6. The summed E-state index contributed by atoms with van der Waals surface area (Å²) in [6.45, 7) is 2.38. The van der Waals surface area contributed by atoms with Crippen molar-refractivity contribution in [3.8, 4) is 11.3 Å². The summed E-state index contributed by atoms with van der Waals surface area (Å²) >= 11 is 0. The Morgan fingerprint density at radius 1 is 1.08 bits per heavy atom. The lowest BCUT2D eigenvalue weighted by Gasteiger charge is -2.35. The van der Waals surface area contributed by atoms with E-state index in [1.165, 1.54) is 12.0 Å². The number of rotatable bonds is 7. The molecular formula is C23H29NO2. The molecule has 0 aliphatic heterocycles. The molecule has 0 bridgehead atoms. The maximum atomic E-state index is 12.5. The number of nitrogens with zero attached hydrogens (tertiary/aromatic N) is 1. The third-order valence-electron chi connectivity index (χ3n) is 5.55. The van der Waals surface area contributed by atoms with E-state index in [-0.39, 0.29) is 11.4 Å². The van der Waals surface area contributed by atoms with Crippen LogP contribution in [0.15, 0.2) is 48.7 Å². The normalized spacial score (nSPS) is 16.2. The quantitative estimate of drug-likeness (QED) is 0.611. The van der Waals surface area contributed by atoms with E-state index in [2.05, 4.69) is 29.2 Å². The number of carbonyl (C=O) groups excluding carboxylic acids is 1. The van der Waals surface area contributed by atoms with Crippen LogP contribution in [0.4, 0.5) is 0 Å². The lowest BCUT2D eigenvalue weighted by molar-refractivity contribution is -0.158. The van der Waals surface area contributed by atoms with Crippen LogP contribution in [0.3, 0.4) is 0 Å². The van der Waals surface area contributed by atoms with Gasteiger partial charge in [0.05, 0.1) is 17.7 Å². The monoisotopic (exact) mass is 351 g/mol. The number of aryl methyl sites for hydroxylation is 1. The molecule has 26 heavy (non-hydrogen) atoms. The van der Waals surface area contributed by atoms with Crippen molar-refractivity contribution in [2.45, 2.75) is 58.3 Å². The van der Waals surface area contributed by atoms with Gasteiger partial charge in [0.1, 0.15) is 0 Å². The van der Waals surface area contributed by atoms with E-state index >= 15 is 0 Å². The predicted molar refractivity (Wildman–Crippen MR) is 105 cm³/mol. The van der Waals surface area contributed by atoms with Crippen LogP contribution in [0.25, 0.3) is 11.3 Å². The molecule has 0 saturated heterocycles. The van der Waals surface area contributed by atoms with Crippen LogP contribution in [-0.2, 0) is 16.0 Å². The van der Waals surface area contributed by atoms with Crippen LogP contribution in [0.1, 0.15) is 57.4 Å². The van der Waals surface area contributed by atoms with Gasteiger partial charge >= 0.3 is 5.97 Å². The van der Waals surface area contributed by atoms with Crippen molar-refractivity contribution in [3.05, 3.63) is 54.2 Å². The zero-order valence-corrected chi connectivity index (χ0v) is 15.7. The summed E-state index contributed by atoms with van der Waals surface area (Å²) in [6, 6.07) is 14.6. The molecule has 0 unspecified atom stereocenters. The Balaban J connectivity index is 1.58. The summed E-state index contributed by atoms with van der Waals surface area (Å²) in [5.74, 6) is 0.0326. The van der Waals surface area contributed by atoms with Gasteiger partial charge in [-0.05, 0) is 56.7 Å². The van der Waals surface area contributed by atoms with Gasteiger partial charge in [-0.15, -0.1) is 0 Å². The van der Waals surface area contributed by atoms with E-state index in [0.29, 0.717) is 6.61 Å². The van der Waals surface area contributed by atoms with Crippen LogP contribution >= 0.6 is 0 Å². The first-order valence-electron chi connectivity index (χ1n) is 9.91. The molecule has 0 amide bonds. The van der Waals surface area contributed by atoms with Gasteiger partial charge in [0.25, 0.3) is 0 Å². The fraction of sp³-hybridized carbons (Fsp3) is 0.478. The molecule has 3 heteroatoms. The number of benzene rings is 1. The Labute approximate surface area is 156 Å². The minimum absolute atomic E-state index is 0.0326.